The van der Waals surface area contributed by atoms with Crippen LogP contribution in [0.5, 0.6) is 0 Å². The van der Waals surface area contributed by atoms with Crippen LogP contribution in [0.3, 0.4) is 0 Å². The van der Waals surface area contributed by atoms with Crippen molar-refractivity contribution in [3.8, 4) is 0 Å². The summed E-state index contributed by atoms with van der Waals surface area (Å²) in [6.07, 6.45) is 5.77. The van der Waals surface area contributed by atoms with E-state index in [0.717, 1.165) is 37.4 Å². The molecule has 1 fully saturated rings. The molecule has 0 saturated carbocycles. The minimum atomic E-state index is -0.0189. The molecular formula is C15H21N5O2. The number of hydrogen-bond donors (Lipinski definition) is 1. The highest BCUT2D eigenvalue weighted by Gasteiger charge is 2.19. The largest absolute Gasteiger partial charge is 0.467 e. The molecular weight excluding hydrogens is 282 g/mol. The fourth-order valence-corrected chi connectivity index (χ4v) is 2.67. The minimum Gasteiger partial charge on any atom is -0.467 e. The SMILES string of the molecule is CN(Cc1ccco1)C(=O)Cn1cc(C2CCCNC2)nn1. The van der Waals surface area contributed by atoms with E-state index in [2.05, 4.69) is 15.6 Å². The van der Waals surface area contributed by atoms with Crippen molar-refractivity contribution in [3.63, 3.8) is 0 Å². The maximum atomic E-state index is 12.2. The normalized spacial score (nSPS) is 18.3. The van der Waals surface area contributed by atoms with Gasteiger partial charge in [0.2, 0.25) is 5.91 Å². The van der Waals surface area contributed by atoms with Crippen LogP contribution in [0.2, 0.25) is 0 Å². The van der Waals surface area contributed by atoms with Crippen LogP contribution in [0.4, 0.5) is 0 Å². The molecule has 0 spiro atoms. The molecule has 2 aromatic heterocycles. The Balaban J connectivity index is 1.56. The molecule has 118 valence electrons. The summed E-state index contributed by atoms with van der Waals surface area (Å²) in [5, 5.41) is 11.7. The van der Waals surface area contributed by atoms with Gasteiger partial charge in [-0.2, -0.15) is 0 Å². The van der Waals surface area contributed by atoms with Crippen LogP contribution in [-0.4, -0.2) is 45.9 Å². The van der Waals surface area contributed by atoms with E-state index in [9.17, 15) is 4.79 Å². The van der Waals surface area contributed by atoms with Gasteiger partial charge in [-0.05, 0) is 31.5 Å². The quantitative estimate of drug-likeness (QED) is 0.891. The first-order valence-electron chi connectivity index (χ1n) is 7.59. The molecule has 2 aromatic rings. The number of rotatable bonds is 5. The van der Waals surface area contributed by atoms with Crippen LogP contribution >= 0.6 is 0 Å². The van der Waals surface area contributed by atoms with E-state index in [1.807, 2.05) is 18.3 Å². The molecule has 22 heavy (non-hydrogen) atoms. The lowest BCUT2D eigenvalue weighted by Gasteiger charge is -2.20. The van der Waals surface area contributed by atoms with Crippen LogP contribution < -0.4 is 5.32 Å². The lowest BCUT2D eigenvalue weighted by molar-refractivity contribution is -0.131. The molecule has 1 amide bonds. The van der Waals surface area contributed by atoms with Gasteiger partial charge in [-0.15, -0.1) is 5.10 Å². The molecule has 1 aliphatic rings. The van der Waals surface area contributed by atoms with Crippen LogP contribution in [0.1, 0.15) is 30.2 Å². The summed E-state index contributed by atoms with van der Waals surface area (Å²) in [4.78, 5) is 13.8. The monoisotopic (exact) mass is 303 g/mol. The number of nitrogens with one attached hydrogen (secondary N) is 1. The predicted molar refractivity (Wildman–Crippen MR) is 80.0 cm³/mol. The molecule has 7 nitrogen and oxygen atoms in total. The van der Waals surface area contributed by atoms with Gasteiger partial charge in [-0.25, -0.2) is 4.68 Å². The smallest absolute Gasteiger partial charge is 0.244 e. The van der Waals surface area contributed by atoms with Crippen molar-refractivity contribution in [1.29, 1.82) is 0 Å². The number of carbonyl (C=O) groups is 1. The second kappa shape index (κ2) is 6.74. The number of piperidine rings is 1. The molecule has 1 N–H and O–H groups in total. The summed E-state index contributed by atoms with van der Waals surface area (Å²) < 4.78 is 6.87. The third-order valence-corrected chi connectivity index (χ3v) is 3.97. The van der Waals surface area contributed by atoms with Gasteiger partial charge < -0.3 is 14.6 Å². The van der Waals surface area contributed by atoms with E-state index in [0.29, 0.717) is 12.5 Å². The van der Waals surface area contributed by atoms with Gasteiger partial charge in [0, 0.05) is 25.7 Å². The Hall–Kier alpha value is -2.15. The minimum absolute atomic E-state index is 0.0189. The Morgan fingerprint density at radius 2 is 2.50 bits per heavy atom. The van der Waals surface area contributed by atoms with E-state index in [1.54, 1.807) is 22.9 Å². The van der Waals surface area contributed by atoms with Crippen LogP contribution in [0.25, 0.3) is 0 Å². The molecule has 7 heteroatoms. The molecule has 1 atom stereocenters. The molecule has 3 heterocycles. The Labute approximate surface area is 129 Å². The third kappa shape index (κ3) is 3.54. The molecule has 0 aromatic carbocycles. The summed E-state index contributed by atoms with van der Waals surface area (Å²) in [6.45, 7) is 2.66. The standard InChI is InChI=1S/C15H21N5O2/c1-19(9-13-5-3-7-22-13)15(21)11-20-10-14(17-18-20)12-4-2-6-16-8-12/h3,5,7,10,12,16H,2,4,6,8-9,11H2,1H3. The summed E-state index contributed by atoms with van der Waals surface area (Å²) in [5.74, 6) is 1.15. The number of furan rings is 1. The highest BCUT2D eigenvalue weighted by molar-refractivity contribution is 5.75. The Morgan fingerprint density at radius 1 is 1.59 bits per heavy atom. The third-order valence-electron chi connectivity index (χ3n) is 3.97. The zero-order chi connectivity index (χ0) is 15.4. The Bertz CT molecular complexity index is 601. The molecule has 0 aliphatic carbocycles. The van der Waals surface area contributed by atoms with E-state index < -0.39 is 0 Å². The maximum absolute atomic E-state index is 12.2. The first-order chi connectivity index (χ1) is 10.7. The fraction of sp³-hybridized carbons (Fsp3) is 0.533. The van der Waals surface area contributed by atoms with Crippen LogP contribution in [0.15, 0.2) is 29.0 Å². The van der Waals surface area contributed by atoms with Crippen LogP contribution in [0, 0.1) is 0 Å². The topological polar surface area (TPSA) is 76.2 Å². The summed E-state index contributed by atoms with van der Waals surface area (Å²) in [5.41, 5.74) is 0.966. The van der Waals surface area contributed by atoms with Crippen LogP contribution in [-0.2, 0) is 17.9 Å². The maximum Gasteiger partial charge on any atom is 0.244 e. The Kier molecular flexibility index (Phi) is 4.53. The number of aromatic nitrogens is 3. The number of amides is 1. The van der Waals surface area contributed by atoms with Gasteiger partial charge >= 0.3 is 0 Å². The number of likely N-dealkylation sites (N-methyl/N-ethyl adjacent to an activating group) is 1. The van der Waals surface area contributed by atoms with Crippen molar-refractivity contribution in [2.24, 2.45) is 0 Å². The van der Waals surface area contributed by atoms with Crippen molar-refractivity contribution < 1.29 is 9.21 Å². The van der Waals surface area contributed by atoms with Gasteiger partial charge in [0.15, 0.2) is 0 Å². The average molecular weight is 303 g/mol. The zero-order valence-corrected chi connectivity index (χ0v) is 12.7. The van der Waals surface area contributed by atoms with Gasteiger partial charge in [0.05, 0.1) is 18.5 Å². The first kappa shape index (κ1) is 14.8. The second-order valence-electron chi connectivity index (χ2n) is 5.71. The second-order valence-corrected chi connectivity index (χ2v) is 5.71. The highest BCUT2D eigenvalue weighted by atomic mass is 16.3. The van der Waals surface area contributed by atoms with E-state index in [4.69, 9.17) is 4.42 Å². The van der Waals surface area contributed by atoms with Crippen molar-refractivity contribution in [2.75, 3.05) is 20.1 Å². The van der Waals surface area contributed by atoms with Gasteiger partial charge in [-0.1, -0.05) is 5.21 Å². The van der Waals surface area contributed by atoms with Crippen molar-refractivity contribution in [2.45, 2.75) is 31.8 Å². The van der Waals surface area contributed by atoms with Gasteiger partial charge in [-0.3, -0.25) is 4.79 Å². The van der Waals surface area contributed by atoms with E-state index >= 15 is 0 Å². The molecule has 3 rings (SSSR count). The lowest BCUT2D eigenvalue weighted by Crippen LogP contribution is -2.30. The van der Waals surface area contributed by atoms with Gasteiger partial charge in [0.25, 0.3) is 0 Å². The molecule has 1 unspecified atom stereocenters. The first-order valence-corrected chi connectivity index (χ1v) is 7.59. The number of nitrogens with zero attached hydrogens (tertiary/aromatic N) is 4. The highest BCUT2D eigenvalue weighted by Crippen LogP contribution is 2.20. The van der Waals surface area contributed by atoms with E-state index in [-0.39, 0.29) is 12.5 Å². The Morgan fingerprint density at radius 3 is 3.23 bits per heavy atom. The lowest BCUT2D eigenvalue weighted by atomic mass is 9.97. The molecule has 1 saturated heterocycles. The summed E-state index contributed by atoms with van der Waals surface area (Å²) in [6, 6.07) is 3.67. The molecule has 1 aliphatic heterocycles. The number of hydrogen-bond acceptors (Lipinski definition) is 5. The summed E-state index contributed by atoms with van der Waals surface area (Å²) >= 11 is 0. The number of carbonyl (C=O) groups excluding carboxylic acids is 1. The predicted octanol–water partition coefficient (Wildman–Crippen LogP) is 0.997. The van der Waals surface area contributed by atoms with Gasteiger partial charge in [0.1, 0.15) is 12.3 Å². The van der Waals surface area contributed by atoms with Crippen molar-refractivity contribution >= 4 is 5.91 Å². The summed E-state index contributed by atoms with van der Waals surface area (Å²) in [7, 11) is 1.76. The molecule has 0 radical (unpaired) electrons. The fourth-order valence-electron chi connectivity index (χ4n) is 2.67. The van der Waals surface area contributed by atoms with Crippen molar-refractivity contribution in [3.05, 3.63) is 36.0 Å². The zero-order valence-electron chi connectivity index (χ0n) is 12.7. The van der Waals surface area contributed by atoms with E-state index in [1.165, 1.54) is 0 Å². The average Bonchev–Trinajstić information content (AvgIpc) is 3.20. The molecule has 0 bridgehead atoms. The van der Waals surface area contributed by atoms with Crippen molar-refractivity contribution in [1.82, 2.24) is 25.2 Å².